The zero-order valence-corrected chi connectivity index (χ0v) is 11.1. The molecule has 3 N–H and O–H groups in total. The predicted molar refractivity (Wildman–Crippen MR) is 64.9 cm³/mol. The minimum Gasteiger partial charge on any atom is -0.399 e. The maximum absolute atomic E-state index is 13.6. The van der Waals surface area contributed by atoms with Gasteiger partial charge in [0.05, 0.1) is 12.1 Å². The molecule has 0 saturated carbocycles. The van der Waals surface area contributed by atoms with Crippen LogP contribution in [0.2, 0.25) is 0 Å². The van der Waals surface area contributed by atoms with Gasteiger partial charge in [-0.15, -0.1) is 0 Å². The van der Waals surface area contributed by atoms with Crippen LogP contribution in [-0.4, -0.2) is 27.2 Å². The van der Waals surface area contributed by atoms with E-state index in [1.807, 2.05) is 0 Å². The second-order valence-electron chi connectivity index (χ2n) is 4.78. The molecule has 1 fully saturated rings. The van der Waals surface area contributed by atoms with Crippen molar-refractivity contribution in [2.45, 2.75) is 23.8 Å². The van der Waals surface area contributed by atoms with Crippen LogP contribution in [0.15, 0.2) is 17.0 Å². The van der Waals surface area contributed by atoms with Crippen LogP contribution in [0.4, 0.5) is 14.5 Å². The number of ether oxygens (including phenoxy) is 1. The van der Waals surface area contributed by atoms with Crippen molar-refractivity contribution in [1.82, 2.24) is 4.72 Å². The van der Waals surface area contributed by atoms with E-state index in [1.54, 1.807) is 6.92 Å². The van der Waals surface area contributed by atoms with Crippen molar-refractivity contribution in [1.29, 1.82) is 0 Å². The van der Waals surface area contributed by atoms with Crippen molar-refractivity contribution >= 4 is 15.7 Å². The monoisotopic (exact) mass is 292 g/mol. The highest BCUT2D eigenvalue weighted by Gasteiger charge is 2.36. The Labute approximate surface area is 109 Å². The standard InChI is InChI=1S/C11H14F2N2O3S/c1-11(2-3-18-6-11)15-19(16,17)9-5-7(14)4-8(12)10(9)13/h4-5,15H,2-3,6,14H2,1H3. The Balaban J connectivity index is 2.40. The minimum absolute atomic E-state index is 0.160. The van der Waals surface area contributed by atoms with Crippen LogP contribution >= 0.6 is 0 Å². The van der Waals surface area contributed by atoms with Crippen LogP contribution in [0.5, 0.6) is 0 Å². The Morgan fingerprint density at radius 1 is 1.42 bits per heavy atom. The summed E-state index contributed by atoms with van der Waals surface area (Å²) in [5.41, 5.74) is 4.36. The third-order valence-electron chi connectivity index (χ3n) is 2.91. The van der Waals surface area contributed by atoms with E-state index in [0.717, 1.165) is 12.1 Å². The van der Waals surface area contributed by atoms with Crippen molar-refractivity contribution in [2.24, 2.45) is 0 Å². The number of anilines is 1. The van der Waals surface area contributed by atoms with E-state index in [2.05, 4.69) is 4.72 Å². The van der Waals surface area contributed by atoms with Crippen LogP contribution in [0.3, 0.4) is 0 Å². The summed E-state index contributed by atoms with van der Waals surface area (Å²) in [5.74, 6) is -2.74. The first-order valence-corrected chi connectivity index (χ1v) is 7.08. The van der Waals surface area contributed by atoms with Gasteiger partial charge in [0.15, 0.2) is 11.6 Å². The van der Waals surface area contributed by atoms with E-state index < -0.39 is 32.1 Å². The van der Waals surface area contributed by atoms with Gasteiger partial charge in [-0.1, -0.05) is 0 Å². The summed E-state index contributed by atoms with van der Waals surface area (Å²) in [4.78, 5) is -0.793. The van der Waals surface area contributed by atoms with Gasteiger partial charge in [0.25, 0.3) is 0 Å². The molecule has 1 aliphatic heterocycles. The van der Waals surface area contributed by atoms with Crippen molar-refractivity contribution < 1.29 is 21.9 Å². The SMILES string of the molecule is CC1(NS(=O)(=O)c2cc(N)cc(F)c2F)CCOC1. The van der Waals surface area contributed by atoms with Gasteiger partial charge in [0.2, 0.25) is 10.0 Å². The zero-order chi connectivity index (χ0) is 14.3. The molecule has 1 heterocycles. The van der Waals surface area contributed by atoms with Gasteiger partial charge < -0.3 is 10.5 Å². The fraction of sp³-hybridized carbons (Fsp3) is 0.455. The van der Waals surface area contributed by atoms with Crippen LogP contribution < -0.4 is 10.5 Å². The largest absolute Gasteiger partial charge is 0.399 e. The first-order valence-electron chi connectivity index (χ1n) is 5.60. The number of sulfonamides is 1. The molecule has 8 heteroatoms. The summed E-state index contributed by atoms with van der Waals surface area (Å²) in [7, 11) is -4.20. The average molecular weight is 292 g/mol. The summed E-state index contributed by atoms with van der Waals surface area (Å²) in [6.45, 7) is 2.23. The summed E-state index contributed by atoms with van der Waals surface area (Å²) >= 11 is 0. The van der Waals surface area contributed by atoms with Crippen LogP contribution in [0, 0.1) is 11.6 Å². The third kappa shape index (κ3) is 2.85. The average Bonchev–Trinajstić information content (AvgIpc) is 2.68. The molecular weight excluding hydrogens is 278 g/mol. The van der Waals surface area contributed by atoms with Crippen LogP contribution in [-0.2, 0) is 14.8 Å². The van der Waals surface area contributed by atoms with Crippen molar-refractivity contribution in [3.8, 4) is 0 Å². The van der Waals surface area contributed by atoms with Gasteiger partial charge in [0, 0.05) is 12.3 Å². The molecule has 106 valence electrons. The summed E-state index contributed by atoms with van der Waals surface area (Å²) in [6.07, 6.45) is 0.457. The van der Waals surface area contributed by atoms with Gasteiger partial charge in [-0.05, 0) is 25.5 Å². The maximum atomic E-state index is 13.6. The van der Waals surface area contributed by atoms with E-state index in [-0.39, 0.29) is 12.3 Å². The second kappa shape index (κ2) is 4.69. The fourth-order valence-electron chi connectivity index (χ4n) is 1.91. The number of hydrogen-bond donors (Lipinski definition) is 2. The van der Waals surface area contributed by atoms with E-state index >= 15 is 0 Å². The number of nitrogen functional groups attached to an aromatic ring is 1. The highest BCUT2D eigenvalue weighted by molar-refractivity contribution is 7.89. The first kappa shape index (κ1) is 14.2. The van der Waals surface area contributed by atoms with Crippen LogP contribution in [0.25, 0.3) is 0 Å². The molecule has 5 nitrogen and oxygen atoms in total. The van der Waals surface area contributed by atoms with Crippen molar-refractivity contribution in [3.63, 3.8) is 0 Å². The van der Waals surface area contributed by atoms with E-state index in [0.29, 0.717) is 13.0 Å². The number of halogens is 2. The predicted octanol–water partition coefficient (Wildman–Crippen LogP) is 1.00. The lowest BCUT2D eigenvalue weighted by atomic mass is 10.0. The molecule has 1 aromatic rings. The molecule has 2 rings (SSSR count). The van der Waals surface area contributed by atoms with Gasteiger partial charge in [-0.3, -0.25) is 0 Å². The second-order valence-corrected chi connectivity index (χ2v) is 6.43. The van der Waals surface area contributed by atoms with E-state index in [9.17, 15) is 17.2 Å². The number of nitrogens with one attached hydrogen (secondary N) is 1. The summed E-state index contributed by atoms with van der Waals surface area (Å²) in [6, 6.07) is 1.62. The molecule has 1 aromatic carbocycles. The van der Waals surface area contributed by atoms with Gasteiger partial charge in [-0.2, -0.15) is 0 Å². The van der Waals surface area contributed by atoms with Crippen molar-refractivity contribution in [3.05, 3.63) is 23.8 Å². The molecule has 0 aliphatic carbocycles. The topological polar surface area (TPSA) is 81.4 Å². The molecule has 1 unspecified atom stereocenters. The highest BCUT2D eigenvalue weighted by Crippen LogP contribution is 2.25. The van der Waals surface area contributed by atoms with Gasteiger partial charge >= 0.3 is 0 Å². The smallest absolute Gasteiger partial charge is 0.244 e. The highest BCUT2D eigenvalue weighted by atomic mass is 32.2. The van der Waals surface area contributed by atoms with E-state index in [4.69, 9.17) is 10.5 Å². The first-order chi connectivity index (χ1) is 8.73. The quantitative estimate of drug-likeness (QED) is 0.815. The molecule has 0 radical (unpaired) electrons. The Morgan fingerprint density at radius 3 is 2.68 bits per heavy atom. The summed E-state index contributed by atoms with van der Waals surface area (Å²) < 4.78 is 58.4. The molecule has 1 aliphatic rings. The summed E-state index contributed by atoms with van der Waals surface area (Å²) in [5, 5.41) is 0. The number of rotatable bonds is 3. The molecule has 19 heavy (non-hydrogen) atoms. The molecule has 0 spiro atoms. The number of benzene rings is 1. The number of nitrogens with two attached hydrogens (primary N) is 1. The lowest BCUT2D eigenvalue weighted by Crippen LogP contribution is -2.46. The molecular formula is C11H14F2N2O3S. The van der Waals surface area contributed by atoms with Gasteiger partial charge in [0.1, 0.15) is 4.90 Å². The molecule has 0 amide bonds. The Kier molecular flexibility index (Phi) is 3.50. The van der Waals surface area contributed by atoms with E-state index in [1.165, 1.54) is 0 Å². The molecule has 0 aromatic heterocycles. The zero-order valence-electron chi connectivity index (χ0n) is 10.2. The Hall–Kier alpha value is -1.25. The molecule has 0 bridgehead atoms. The minimum atomic E-state index is -4.20. The van der Waals surface area contributed by atoms with Gasteiger partial charge in [-0.25, -0.2) is 21.9 Å². The Morgan fingerprint density at radius 2 is 2.11 bits per heavy atom. The lowest BCUT2D eigenvalue weighted by molar-refractivity contribution is 0.178. The molecule has 1 saturated heterocycles. The maximum Gasteiger partial charge on any atom is 0.244 e. The molecule has 1 atom stereocenters. The fourth-order valence-corrected chi connectivity index (χ4v) is 3.45. The van der Waals surface area contributed by atoms with Crippen molar-refractivity contribution in [2.75, 3.05) is 18.9 Å². The number of hydrogen-bond acceptors (Lipinski definition) is 4. The van der Waals surface area contributed by atoms with Crippen LogP contribution in [0.1, 0.15) is 13.3 Å². The third-order valence-corrected chi connectivity index (χ3v) is 4.54. The lowest BCUT2D eigenvalue weighted by Gasteiger charge is -2.23. The Bertz CT molecular complexity index is 598. The normalized spacial score (nSPS) is 23.7.